The van der Waals surface area contributed by atoms with Gasteiger partial charge in [0, 0.05) is 27.1 Å². The molecule has 0 aromatic carbocycles. The van der Waals surface area contributed by atoms with Gasteiger partial charge in [-0.15, -0.1) is 0 Å². The normalized spacial score (nSPS) is 10.6. The topological polar surface area (TPSA) is 29.5 Å². The van der Waals surface area contributed by atoms with Crippen LogP contribution < -0.4 is 0 Å². The van der Waals surface area contributed by atoms with E-state index in [4.69, 9.17) is 4.74 Å². The molecule has 0 bridgehead atoms. The minimum atomic E-state index is 0.162. The van der Waals surface area contributed by atoms with Gasteiger partial charge in [0.15, 0.2) is 0 Å². The lowest BCUT2D eigenvalue weighted by atomic mass is 10.1. The molecule has 1 amide bonds. The van der Waals surface area contributed by atoms with Gasteiger partial charge < -0.3 is 9.64 Å². The minimum absolute atomic E-state index is 0.162. The SMILES string of the molecule is CCCCCCCCCCN(CCOC)C(C)=O. The lowest BCUT2D eigenvalue weighted by molar-refractivity contribution is -0.129. The van der Waals surface area contributed by atoms with Crippen molar-refractivity contribution < 1.29 is 9.53 Å². The highest BCUT2D eigenvalue weighted by molar-refractivity contribution is 5.73. The summed E-state index contributed by atoms with van der Waals surface area (Å²) in [4.78, 5) is 13.2. The molecule has 0 aromatic heterocycles. The first-order chi connectivity index (χ1) is 8.72. The number of carbonyl (C=O) groups is 1. The summed E-state index contributed by atoms with van der Waals surface area (Å²) in [6, 6.07) is 0. The van der Waals surface area contributed by atoms with Gasteiger partial charge in [0.1, 0.15) is 0 Å². The third-order valence-electron chi connectivity index (χ3n) is 3.29. The largest absolute Gasteiger partial charge is 0.383 e. The molecule has 0 aromatic rings. The molecule has 0 heterocycles. The van der Waals surface area contributed by atoms with Gasteiger partial charge in [-0.1, -0.05) is 51.9 Å². The molecule has 108 valence electrons. The summed E-state index contributed by atoms with van der Waals surface area (Å²) in [6.07, 6.45) is 10.4. The van der Waals surface area contributed by atoms with Crippen LogP contribution in [-0.2, 0) is 9.53 Å². The number of unbranched alkanes of at least 4 members (excludes halogenated alkanes) is 7. The van der Waals surface area contributed by atoms with Crippen LogP contribution in [0.25, 0.3) is 0 Å². The summed E-state index contributed by atoms with van der Waals surface area (Å²) in [5.41, 5.74) is 0. The van der Waals surface area contributed by atoms with Crippen LogP contribution in [0.2, 0.25) is 0 Å². The first-order valence-electron chi connectivity index (χ1n) is 7.46. The van der Waals surface area contributed by atoms with Crippen LogP contribution in [0, 0.1) is 0 Å². The van der Waals surface area contributed by atoms with Gasteiger partial charge in [-0.3, -0.25) is 4.79 Å². The van der Waals surface area contributed by atoms with Gasteiger partial charge in [-0.2, -0.15) is 0 Å². The highest BCUT2D eigenvalue weighted by Gasteiger charge is 2.06. The second-order valence-electron chi connectivity index (χ2n) is 4.97. The summed E-state index contributed by atoms with van der Waals surface area (Å²) in [7, 11) is 1.68. The maximum absolute atomic E-state index is 11.4. The summed E-state index contributed by atoms with van der Waals surface area (Å²) in [5.74, 6) is 0.162. The zero-order valence-electron chi connectivity index (χ0n) is 12.5. The van der Waals surface area contributed by atoms with Crippen molar-refractivity contribution in [2.24, 2.45) is 0 Å². The Morgan fingerprint density at radius 1 is 0.944 bits per heavy atom. The number of carbonyl (C=O) groups excluding carboxylic acids is 1. The van der Waals surface area contributed by atoms with E-state index in [0.29, 0.717) is 6.61 Å². The van der Waals surface area contributed by atoms with Gasteiger partial charge in [0.2, 0.25) is 5.91 Å². The van der Waals surface area contributed by atoms with Crippen molar-refractivity contribution in [1.82, 2.24) is 4.90 Å². The lowest BCUT2D eigenvalue weighted by Gasteiger charge is -2.20. The zero-order valence-corrected chi connectivity index (χ0v) is 12.5. The number of rotatable bonds is 12. The Labute approximate surface area is 113 Å². The average molecular weight is 257 g/mol. The molecule has 18 heavy (non-hydrogen) atoms. The summed E-state index contributed by atoms with van der Waals surface area (Å²) < 4.78 is 5.01. The van der Waals surface area contributed by atoms with E-state index >= 15 is 0 Å². The number of methoxy groups -OCH3 is 1. The first-order valence-corrected chi connectivity index (χ1v) is 7.46. The molecule has 0 saturated heterocycles. The Kier molecular flexibility index (Phi) is 12.5. The summed E-state index contributed by atoms with van der Waals surface area (Å²) in [5, 5.41) is 0. The molecule has 0 radical (unpaired) electrons. The van der Waals surface area contributed by atoms with Crippen molar-refractivity contribution in [1.29, 1.82) is 0 Å². The standard InChI is InChI=1S/C15H31NO2/c1-4-5-6-7-8-9-10-11-12-16(15(2)17)13-14-18-3/h4-14H2,1-3H3. The van der Waals surface area contributed by atoms with E-state index in [2.05, 4.69) is 6.92 Å². The number of hydrogen-bond donors (Lipinski definition) is 0. The fourth-order valence-corrected chi connectivity index (χ4v) is 2.06. The van der Waals surface area contributed by atoms with Gasteiger partial charge in [-0.25, -0.2) is 0 Å². The summed E-state index contributed by atoms with van der Waals surface area (Å²) in [6.45, 7) is 6.13. The predicted octanol–water partition coefficient (Wildman–Crippen LogP) is 3.62. The predicted molar refractivity (Wildman–Crippen MR) is 76.7 cm³/mol. The molecule has 0 saturated carbocycles. The van der Waals surface area contributed by atoms with Crippen molar-refractivity contribution in [2.75, 3.05) is 26.8 Å². The third-order valence-corrected chi connectivity index (χ3v) is 3.29. The highest BCUT2D eigenvalue weighted by Crippen LogP contribution is 2.08. The molecule has 0 atom stereocenters. The minimum Gasteiger partial charge on any atom is -0.383 e. The number of ether oxygens (including phenoxy) is 1. The molecule has 0 unspecified atom stereocenters. The van der Waals surface area contributed by atoms with E-state index in [1.165, 1.54) is 44.9 Å². The molecule has 0 fully saturated rings. The Balaban J connectivity index is 3.40. The number of nitrogens with zero attached hydrogens (tertiary/aromatic N) is 1. The Morgan fingerprint density at radius 3 is 2.00 bits per heavy atom. The van der Waals surface area contributed by atoms with Crippen LogP contribution in [0.1, 0.15) is 65.2 Å². The van der Waals surface area contributed by atoms with Crippen molar-refractivity contribution in [2.45, 2.75) is 65.2 Å². The monoisotopic (exact) mass is 257 g/mol. The Morgan fingerprint density at radius 2 is 1.50 bits per heavy atom. The van der Waals surface area contributed by atoms with Gasteiger partial charge in [0.25, 0.3) is 0 Å². The van der Waals surface area contributed by atoms with Crippen LogP contribution in [0.15, 0.2) is 0 Å². The number of hydrogen-bond acceptors (Lipinski definition) is 2. The van der Waals surface area contributed by atoms with E-state index in [-0.39, 0.29) is 5.91 Å². The van der Waals surface area contributed by atoms with Crippen LogP contribution in [0.3, 0.4) is 0 Å². The second-order valence-corrected chi connectivity index (χ2v) is 4.97. The molecule has 0 aliphatic carbocycles. The molecule has 0 spiro atoms. The van der Waals surface area contributed by atoms with E-state index in [1.807, 2.05) is 4.90 Å². The van der Waals surface area contributed by atoms with E-state index in [9.17, 15) is 4.79 Å². The number of amides is 1. The van der Waals surface area contributed by atoms with Crippen molar-refractivity contribution in [3.63, 3.8) is 0 Å². The van der Waals surface area contributed by atoms with Crippen LogP contribution in [0.5, 0.6) is 0 Å². The quantitative estimate of drug-likeness (QED) is 0.500. The van der Waals surface area contributed by atoms with Crippen LogP contribution >= 0.6 is 0 Å². The van der Waals surface area contributed by atoms with E-state index < -0.39 is 0 Å². The Hall–Kier alpha value is -0.570. The molecule has 3 nitrogen and oxygen atoms in total. The van der Waals surface area contributed by atoms with E-state index in [1.54, 1.807) is 14.0 Å². The maximum atomic E-state index is 11.4. The van der Waals surface area contributed by atoms with Crippen molar-refractivity contribution in [3.05, 3.63) is 0 Å². The fraction of sp³-hybridized carbons (Fsp3) is 0.933. The molecular weight excluding hydrogens is 226 g/mol. The van der Waals surface area contributed by atoms with Gasteiger partial charge in [0.05, 0.1) is 6.61 Å². The van der Waals surface area contributed by atoms with Gasteiger partial charge in [-0.05, 0) is 6.42 Å². The average Bonchev–Trinajstić information content (AvgIpc) is 2.35. The molecule has 0 rings (SSSR count). The zero-order chi connectivity index (χ0) is 13.6. The maximum Gasteiger partial charge on any atom is 0.219 e. The van der Waals surface area contributed by atoms with Crippen molar-refractivity contribution >= 4 is 5.91 Å². The molecule has 0 N–H and O–H groups in total. The van der Waals surface area contributed by atoms with Crippen molar-refractivity contribution in [3.8, 4) is 0 Å². The van der Waals surface area contributed by atoms with Crippen LogP contribution in [-0.4, -0.2) is 37.6 Å². The molecule has 3 heteroatoms. The second kappa shape index (κ2) is 12.9. The molecule has 0 aliphatic heterocycles. The van der Waals surface area contributed by atoms with E-state index in [0.717, 1.165) is 19.5 Å². The Bertz CT molecular complexity index is 195. The molecular formula is C15H31NO2. The smallest absolute Gasteiger partial charge is 0.219 e. The highest BCUT2D eigenvalue weighted by atomic mass is 16.5. The first kappa shape index (κ1) is 17.4. The van der Waals surface area contributed by atoms with Crippen LogP contribution in [0.4, 0.5) is 0 Å². The third kappa shape index (κ3) is 10.6. The summed E-state index contributed by atoms with van der Waals surface area (Å²) >= 11 is 0. The van der Waals surface area contributed by atoms with Gasteiger partial charge >= 0.3 is 0 Å². The fourth-order valence-electron chi connectivity index (χ4n) is 2.06. The lowest BCUT2D eigenvalue weighted by Crippen LogP contribution is -2.32. The molecule has 0 aliphatic rings.